The van der Waals surface area contributed by atoms with Crippen LogP contribution < -0.4 is 10.7 Å². The highest BCUT2D eigenvalue weighted by molar-refractivity contribution is 6.07. The van der Waals surface area contributed by atoms with E-state index in [1.165, 1.54) is 6.20 Å². The van der Waals surface area contributed by atoms with Crippen LogP contribution in [0.25, 0.3) is 0 Å². The number of amides is 2. The molecule has 0 atom stereocenters. The number of nitrogens with zero attached hydrogens (tertiary/aromatic N) is 3. The van der Waals surface area contributed by atoms with Gasteiger partial charge in [-0.3, -0.25) is 19.6 Å². The van der Waals surface area contributed by atoms with Crippen LogP contribution in [0.3, 0.4) is 0 Å². The molecule has 0 unspecified atom stereocenters. The van der Waals surface area contributed by atoms with Gasteiger partial charge < -0.3 is 9.73 Å². The minimum absolute atomic E-state index is 0.275. The van der Waals surface area contributed by atoms with Crippen molar-refractivity contribution in [2.75, 3.05) is 0 Å². The second-order valence-electron chi connectivity index (χ2n) is 6.99. The Labute approximate surface area is 173 Å². The Hall–Kier alpha value is -3.81. The molecule has 3 heterocycles. The molecule has 4 rings (SSSR count). The maximum Gasteiger partial charge on any atom is 0.287 e. The Morgan fingerprint density at radius 1 is 1.10 bits per heavy atom. The number of hydrazone groups is 1. The number of carbonyl (C=O) groups is 2. The summed E-state index contributed by atoms with van der Waals surface area (Å²) in [6.07, 6.45) is 8.72. The number of rotatable bonds is 5. The maximum absolute atomic E-state index is 12.7. The molecule has 3 aromatic heterocycles. The summed E-state index contributed by atoms with van der Waals surface area (Å²) in [6.45, 7) is 2.20. The molecule has 8 heteroatoms. The number of pyridine rings is 2. The van der Waals surface area contributed by atoms with Crippen LogP contribution in [-0.2, 0) is 13.0 Å². The van der Waals surface area contributed by atoms with Gasteiger partial charge in [0.1, 0.15) is 5.76 Å². The average molecular weight is 403 g/mol. The number of aryl methyl sites for hydroxylation is 1. The van der Waals surface area contributed by atoms with Gasteiger partial charge in [-0.2, -0.15) is 5.10 Å². The van der Waals surface area contributed by atoms with Gasteiger partial charge in [0, 0.05) is 48.9 Å². The van der Waals surface area contributed by atoms with Gasteiger partial charge in [-0.15, -0.1) is 0 Å². The van der Waals surface area contributed by atoms with Gasteiger partial charge in [0.05, 0.1) is 11.3 Å². The summed E-state index contributed by atoms with van der Waals surface area (Å²) in [5.74, 6) is 0.375. The van der Waals surface area contributed by atoms with Crippen molar-refractivity contribution >= 4 is 17.5 Å². The molecule has 8 nitrogen and oxygen atoms in total. The smallest absolute Gasteiger partial charge is 0.287 e. The molecule has 1 aliphatic rings. The Kier molecular flexibility index (Phi) is 5.65. The molecule has 0 fully saturated rings. The number of carbonyl (C=O) groups excluding carboxylic acids is 2. The van der Waals surface area contributed by atoms with Gasteiger partial charge in [0.25, 0.3) is 11.8 Å². The van der Waals surface area contributed by atoms with Crippen molar-refractivity contribution < 1.29 is 14.0 Å². The lowest BCUT2D eigenvalue weighted by atomic mass is 9.93. The quantitative estimate of drug-likeness (QED) is 0.637. The highest BCUT2D eigenvalue weighted by Crippen LogP contribution is 2.29. The molecule has 0 spiro atoms. The zero-order chi connectivity index (χ0) is 20.9. The topological polar surface area (TPSA) is 109 Å². The van der Waals surface area contributed by atoms with Crippen LogP contribution in [0.15, 0.2) is 58.6 Å². The van der Waals surface area contributed by atoms with E-state index in [0.29, 0.717) is 24.2 Å². The second kappa shape index (κ2) is 8.69. The van der Waals surface area contributed by atoms with Crippen LogP contribution in [0.2, 0.25) is 0 Å². The predicted octanol–water partition coefficient (Wildman–Crippen LogP) is 2.78. The van der Waals surface area contributed by atoms with Crippen LogP contribution in [-0.4, -0.2) is 27.5 Å². The molecule has 3 aromatic rings. The molecule has 0 radical (unpaired) electrons. The molecule has 2 N–H and O–H groups in total. The van der Waals surface area contributed by atoms with E-state index < -0.39 is 0 Å². The number of hydrogen-bond acceptors (Lipinski definition) is 6. The molecule has 0 bridgehead atoms. The monoisotopic (exact) mass is 403 g/mol. The van der Waals surface area contributed by atoms with Crippen molar-refractivity contribution in [2.24, 2.45) is 5.10 Å². The van der Waals surface area contributed by atoms with Gasteiger partial charge in [-0.1, -0.05) is 6.07 Å². The third kappa shape index (κ3) is 4.12. The number of nitrogens with one attached hydrogen (secondary N) is 2. The summed E-state index contributed by atoms with van der Waals surface area (Å²) < 4.78 is 5.88. The van der Waals surface area contributed by atoms with E-state index in [2.05, 4.69) is 25.8 Å². The molecule has 30 heavy (non-hydrogen) atoms. The van der Waals surface area contributed by atoms with Crippen LogP contribution in [0.4, 0.5) is 0 Å². The van der Waals surface area contributed by atoms with Crippen molar-refractivity contribution in [1.82, 2.24) is 20.7 Å². The normalized spacial score (nSPS) is 14.2. The lowest BCUT2D eigenvalue weighted by molar-refractivity contribution is 0.0919. The predicted molar refractivity (Wildman–Crippen MR) is 110 cm³/mol. The first kappa shape index (κ1) is 19.5. The highest BCUT2D eigenvalue weighted by atomic mass is 16.4. The van der Waals surface area contributed by atoms with E-state index in [-0.39, 0.29) is 17.6 Å². The summed E-state index contributed by atoms with van der Waals surface area (Å²) in [5, 5.41) is 7.18. The van der Waals surface area contributed by atoms with E-state index in [4.69, 9.17) is 4.42 Å². The van der Waals surface area contributed by atoms with Crippen molar-refractivity contribution in [3.05, 3.63) is 82.8 Å². The fraction of sp³-hybridized carbons (Fsp3) is 0.227. The van der Waals surface area contributed by atoms with E-state index in [1.807, 2.05) is 19.1 Å². The first-order valence-corrected chi connectivity index (χ1v) is 9.70. The second-order valence-corrected chi connectivity index (χ2v) is 6.99. The minimum Gasteiger partial charge on any atom is -0.455 e. The first-order valence-electron chi connectivity index (χ1n) is 9.70. The SMILES string of the molecule is Cc1c(C(=O)NCc2cccnc2)oc2c1/C(=N/NC(=O)c1cccnc1)CCC2. The van der Waals surface area contributed by atoms with Crippen LogP contribution in [0, 0.1) is 6.92 Å². The summed E-state index contributed by atoms with van der Waals surface area (Å²) in [4.78, 5) is 32.9. The zero-order valence-corrected chi connectivity index (χ0v) is 16.5. The molecule has 0 saturated heterocycles. The summed E-state index contributed by atoms with van der Waals surface area (Å²) >= 11 is 0. The standard InChI is InChI=1S/C22H21N5O3/c1-14-19-17(26-27-21(28)16-6-4-10-24-13-16)7-2-8-18(19)30-20(14)22(29)25-12-15-5-3-9-23-11-15/h3-6,9-11,13H,2,7-8,12H2,1H3,(H,25,29)(H,27,28)/b26-17+. The van der Waals surface area contributed by atoms with Crippen molar-refractivity contribution in [3.63, 3.8) is 0 Å². The largest absolute Gasteiger partial charge is 0.455 e. The fourth-order valence-electron chi connectivity index (χ4n) is 3.44. The molecule has 0 aromatic carbocycles. The first-order chi connectivity index (χ1) is 14.6. The van der Waals surface area contributed by atoms with E-state index >= 15 is 0 Å². The number of aromatic nitrogens is 2. The number of hydrogen-bond donors (Lipinski definition) is 2. The van der Waals surface area contributed by atoms with E-state index in [9.17, 15) is 9.59 Å². The van der Waals surface area contributed by atoms with Gasteiger partial charge >= 0.3 is 0 Å². The lowest BCUT2D eigenvalue weighted by Crippen LogP contribution is -2.23. The Bertz CT molecular complexity index is 1090. The van der Waals surface area contributed by atoms with Crippen molar-refractivity contribution in [3.8, 4) is 0 Å². The van der Waals surface area contributed by atoms with Gasteiger partial charge in [0.2, 0.25) is 0 Å². The summed E-state index contributed by atoms with van der Waals surface area (Å²) in [7, 11) is 0. The number of furan rings is 1. The summed E-state index contributed by atoms with van der Waals surface area (Å²) in [5.41, 5.74) is 6.15. The van der Waals surface area contributed by atoms with Crippen LogP contribution in [0.5, 0.6) is 0 Å². The molecule has 152 valence electrons. The summed E-state index contributed by atoms with van der Waals surface area (Å²) in [6, 6.07) is 7.07. The Morgan fingerprint density at radius 2 is 1.90 bits per heavy atom. The molecular weight excluding hydrogens is 382 g/mol. The van der Waals surface area contributed by atoms with Crippen molar-refractivity contribution in [2.45, 2.75) is 32.7 Å². The van der Waals surface area contributed by atoms with Gasteiger partial charge in [-0.05, 0) is 43.5 Å². The molecular formula is C22H21N5O3. The maximum atomic E-state index is 12.7. The van der Waals surface area contributed by atoms with Crippen molar-refractivity contribution in [1.29, 1.82) is 0 Å². The van der Waals surface area contributed by atoms with Gasteiger partial charge in [0.15, 0.2) is 5.76 Å². The Morgan fingerprint density at radius 3 is 2.63 bits per heavy atom. The average Bonchev–Trinajstić information content (AvgIpc) is 3.14. The fourth-order valence-corrected chi connectivity index (χ4v) is 3.44. The highest BCUT2D eigenvalue weighted by Gasteiger charge is 2.28. The number of fused-ring (bicyclic) bond motifs is 1. The zero-order valence-electron chi connectivity index (χ0n) is 16.5. The third-order valence-electron chi connectivity index (χ3n) is 4.92. The van der Waals surface area contributed by atoms with E-state index in [1.54, 1.807) is 30.7 Å². The minimum atomic E-state index is -0.335. The van der Waals surface area contributed by atoms with Crippen LogP contribution >= 0.6 is 0 Å². The molecule has 1 aliphatic carbocycles. The molecule has 2 amide bonds. The van der Waals surface area contributed by atoms with Gasteiger partial charge in [-0.25, -0.2) is 5.43 Å². The molecule has 0 saturated carbocycles. The third-order valence-corrected chi connectivity index (χ3v) is 4.92. The lowest BCUT2D eigenvalue weighted by Gasteiger charge is -2.13. The molecule has 0 aliphatic heterocycles. The van der Waals surface area contributed by atoms with E-state index in [0.717, 1.165) is 35.3 Å². The van der Waals surface area contributed by atoms with Crippen LogP contribution in [0.1, 0.15) is 56.2 Å². The Balaban J connectivity index is 1.51.